The fourth-order valence-electron chi connectivity index (χ4n) is 5.72. The predicted molar refractivity (Wildman–Crippen MR) is 133 cm³/mol. The fraction of sp³-hybridized carbons (Fsp3) is 0.464. The predicted octanol–water partition coefficient (Wildman–Crippen LogP) is 4.94. The molecule has 0 radical (unpaired) electrons. The van der Waals surface area contributed by atoms with Gasteiger partial charge < -0.3 is 20.1 Å². The Morgan fingerprint density at radius 3 is 2.26 bits per heavy atom. The number of benzene rings is 2. The van der Waals surface area contributed by atoms with Gasteiger partial charge in [-0.25, -0.2) is 9.59 Å². The number of hydrogen-bond donors (Lipinski definition) is 2. The molecule has 0 bridgehead atoms. The van der Waals surface area contributed by atoms with Gasteiger partial charge in [0.1, 0.15) is 18.2 Å². The molecule has 1 heterocycles. The standard InChI is InChI=1S/C28H34N2O5/c1-3-10-24(25(31)30-17-9-16-28(30,15-4-2)26(32)33)29-27(34)35-18-23-21-13-7-5-11-19(21)20-12-6-8-14-22(20)23/h5-8,11-14,23-24H,3-4,9-10,15-18H2,1-2H3,(H,29,34)(H,32,33)/t24-,28?/m0/s1. The summed E-state index contributed by atoms with van der Waals surface area (Å²) in [5.41, 5.74) is 3.33. The van der Waals surface area contributed by atoms with Gasteiger partial charge in [-0.15, -0.1) is 0 Å². The molecular formula is C28H34N2O5. The van der Waals surface area contributed by atoms with E-state index in [0.29, 0.717) is 45.1 Å². The molecule has 0 saturated carbocycles. The summed E-state index contributed by atoms with van der Waals surface area (Å²) < 4.78 is 5.64. The van der Waals surface area contributed by atoms with Crippen LogP contribution in [0.3, 0.4) is 0 Å². The molecule has 0 aromatic heterocycles. The minimum absolute atomic E-state index is 0.0729. The van der Waals surface area contributed by atoms with Gasteiger partial charge in [-0.1, -0.05) is 75.2 Å². The number of carboxylic acids is 1. The van der Waals surface area contributed by atoms with Crippen molar-refractivity contribution in [3.8, 4) is 11.1 Å². The third-order valence-electron chi connectivity index (χ3n) is 7.33. The Labute approximate surface area is 206 Å². The summed E-state index contributed by atoms with van der Waals surface area (Å²) in [5, 5.41) is 12.7. The normalized spacial score (nSPS) is 19.7. The second-order valence-corrected chi connectivity index (χ2v) is 9.49. The summed E-state index contributed by atoms with van der Waals surface area (Å²) in [7, 11) is 0. The van der Waals surface area contributed by atoms with Gasteiger partial charge in [-0.05, 0) is 47.9 Å². The Hall–Kier alpha value is -3.35. The molecule has 2 atom stereocenters. The summed E-state index contributed by atoms with van der Waals surface area (Å²) >= 11 is 0. The SMILES string of the molecule is CCC[C@H](NC(=O)OCC1c2ccccc2-c2ccccc21)C(=O)N1CCCC1(CCC)C(=O)O. The average molecular weight is 479 g/mol. The van der Waals surface area contributed by atoms with Crippen LogP contribution in [0.5, 0.6) is 0 Å². The highest BCUT2D eigenvalue weighted by Gasteiger charge is 2.50. The van der Waals surface area contributed by atoms with Crippen LogP contribution in [0.4, 0.5) is 4.79 Å². The van der Waals surface area contributed by atoms with E-state index in [4.69, 9.17) is 4.74 Å². The molecule has 1 aliphatic carbocycles. The van der Waals surface area contributed by atoms with E-state index < -0.39 is 23.6 Å². The van der Waals surface area contributed by atoms with Gasteiger partial charge >= 0.3 is 12.1 Å². The highest BCUT2D eigenvalue weighted by Crippen LogP contribution is 2.44. The Morgan fingerprint density at radius 1 is 1.06 bits per heavy atom. The Kier molecular flexibility index (Phi) is 7.43. The van der Waals surface area contributed by atoms with Gasteiger partial charge in [0, 0.05) is 12.5 Å². The van der Waals surface area contributed by atoms with E-state index in [2.05, 4.69) is 29.6 Å². The zero-order valence-corrected chi connectivity index (χ0v) is 20.5. The minimum atomic E-state index is -1.19. The molecule has 4 rings (SSSR count). The summed E-state index contributed by atoms with van der Waals surface area (Å²) in [6.07, 6.45) is 2.57. The van der Waals surface area contributed by atoms with Gasteiger partial charge in [-0.3, -0.25) is 4.79 Å². The number of likely N-dealkylation sites (tertiary alicyclic amines) is 1. The summed E-state index contributed by atoms with van der Waals surface area (Å²) in [6, 6.07) is 15.4. The van der Waals surface area contributed by atoms with E-state index in [1.807, 2.05) is 38.1 Å². The molecule has 2 amide bonds. The zero-order chi connectivity index (χ0) is 25.0. The molecule has 7 nitrogen and oxygen atoms in total. The lowest BCUT2D eigenvalue weighted by molar-refractivity contribution is -0.158. The molecule has 186 valence electrons. The van der Waals surface area contributed by atoms with Crippen LogP contribution < -0.4 is 5.32 Å². The van der Waals surface area contributed by atoms with Crippen molar-refractivity contribution >= 4 is 18.0 Å². The second-order valence-electron chi connectivity index (χ2n) is 9.49. The molecule has 7 heteroatoms. The van der Waals surface area contributed by atoms with E-state index in [0.717, 1.165) is 22.3 Å². The molecular weight excluding hydrogens is 444 g/mol. The lowest BCUT2D eigenvalue weighted by Crippen LogP contribution is -2.58. The minimum Gasteiger partial charge on any atom is -0.479 e. The monoisotopic (exact) mass is 478 g/mol. The lowest BCUT2D eigenvalue weighted by Gasteiger charge is -2.36. The molecule has 2 N–H and O–H groups in total. The van der Waals surface area contributed by atoms with Gasteiger partial charge in [0.2, 0.25) is 5.91 Å². The number of fused-ring (bicyclic) bond motifs is 3. The Bertz CT molecular complexity index is 1050. The van der Waals surface area contributed by atoms with Crippen LogP contribution in [-0.4, -0.2) is 52.7 Å². The van der Waals surface area contributed by atoms with Crippen molar-refractivity contribution in [3.63, 3.8) is 0 Å². The number of carbonyl (C=O) groups is 3. The first kappa shape index (κ1) is 24.8. The average Bonchev–Trinajstić information content (AvgIpc) is 3.42. The van der Waals surface area contributed by atoms with Crippen LogP contribution in [0, 0.1) is 0 Å². The number of ether oxygens (including phenoxy) is 1. The maximum atomic E-state index is 13.4. The molecule has 1 fully saturated rings. The molecule has 1 saturated heterocycles. The van der Waals surface area contributed by atoms with Crippen molar-refractivity contribution in [1.29, 1.82) is 0 Å². The third kappa shape index (κ3) is 4.64. The van der Waals surface area contributed by atoms with E-state index in [1.165, 1.54) is 4.90 Å². The van der Waals surface area contributed by atoms with Crippen LogP contribution >= 0.6 is 0 Å². The molecule has 1 aliphatic heterocycles. The number of carboxylic acid groups (broad SMARTS) is 1. The first-order valence-corrected chi connectivity index (χ1v) is 12.6. The number of hydrogen-bond acceptors (Lipinski definition) is 4. The number of carbonyl (C=O) groups excluding carboxylic acids is 2. The second kappa shape index (κ2) is 10.5. The maximum absolute atomic E-state index is 13.4. The first-order valence-electron chi connectivity index (χ1n) is 12.6. The Morgan fingerprint density at radius 2 is 1.69 bits per heavy atom. The largest absolute Gasteiger partial charge is 0.479 e. The van der Waals surface area contributed by atoms with E-state index in [1.54, 1.807) is 0 Å². The molecule has 1 unspecified atom stereocenters. The molecule has 35 heavy (non-hydrogen) atoms. The van der Waals surface area contributed by atoms with E-state index in [-0.39, 0.29) is 18.4 Å². The number of nitrogens with one attached hydrogen (secondary N) is 1. The highest BCUT2D eigenvalue weighted by molar-refractivity contribution is 5.92. The van der Waals surface area contributed by atoms with Gasteiger partial charge in [-0.2, -0.15) is 0 Å². The number of alkyl carbamates (subject to hydrolysis) is 1. The van der Waals surface area contributed by atoms with Gasteiger partial charge in [0.15, 0.2) is 0 Å². The quantitative estimate of drug-likeness (QED) is 0.532. The van der Waals surface area contributed by atoms with Crippen LogP contribution in [0.2, 0.25) is 0 Å². The van der Waals surface area contributed by atoms with Crippen molar-refractivity contribution in [1.82, 2.24) is 10.2 Å². The van der Waals surface area contributed by atoms with Gasteiger partial charge in [0.25, 0.3) is 0 Å². The Balaban J connectivity index is 1.45. The maximum Gasteiger partial charge on any atom is 0.407 e. The summed E-state index contributed by atoms with van der Waals surface area (Å²) in [5.74, 6) is -1.38. The summed E-state index contributed by atoms with van der Waals surface area (Å²) in [6.45, 7) is 4.40. The molecule has 0 spiro atoms. The van der Waals surface area contributed by atoms with Crippen LogP contribution in [0.15, 0.2) is 48.5 Å². The van der Waals surface area contributed by atoms with Crippen LogP contribution in [0.1, 0.15) is 69.4 Å². The van der Waals surface area contributed by atoms with Crippen molar-refractivity contribution < 1.29 is 24.2 Å². The van der Waals surface area contributed by atoms with Crippen molar-refractivity contribution in [2.75, 3.05) is 13.2 Å². The lowest BCUT2D eigenvalue weighted by atomic mass is 9.90. The topological polar surface area (TPSA) is 95.9 Å². The fourth-order valence-corrected chi connectivity index (χ4v) is 5.72. The third-order valence-corrected chi connectivity index (χ3v) is 7.33. The van der Waals surface area contributed by atoms with Crippen LogP contribution in [0.25, 0.3) is 11.1 Å². The summed E-state index contributed by atoms with van der Waals surface area (Å²) in [4.78, 5) is 39.9. The first-order chi connectivity index (χ1) is 16.9. The van der Waals surface area contributed by atoms with Crippen molar-refractivity contribution in [2.24, 2.45) is 0 Å². The van der Waals surface area contributed by atoms with Crippen molar-refractivity contribution in [3.05, 3.63) is 59.7 Å². The number of rotatable bonds is 9. The number of nitrogens with zero attached hydrogens (tertiary/aromatic N) is 1. The zero-order valence-electron chi connectivity index (χ0n) is 20.5. The molecule has 2 aromatic carbocycles. The van der Waals surface area contributed by atoms with E-state index in [9.17, 15) is 19.5 Å². The number of amides is 2. The van der Waals surface area contributed by atoms with Gasteiger partial charge in [0.05, 0.1) is 0 Å². The molecule has 2 aromatic rings. The van der Waals surface area contributed by atoms with Crippen molar-refractivity contribution in [2.45, 2.75) is 69.9 Å². The van der Waals surface area contributed by atoms with Crippen LogP contribution in [-0.2, 0) is 14.3 Å². The molecule has 2 aliphatic rings. The van der Waals surface area contributed by atoms with E-state index >= 15 is 0 Å². The smallest absolute Gasteiger partial charge is 0.407 e. The number of aliphatic carboxylic acids is 1. The highest BCUT2D eigenvalue weighted by atomic mass is 16.5.